The van der Waals surface area contributed by atoms with Crippen molar-refractivity contribution in [3.8, 4) is 73.0 Å². The SMILES string of the molecule is c1ccc(-c2cc(-c3ccccc3)cc(-c3nc(-c4ccc(-c5ccc6c(c5)c5ccc7c8ccccc8c(-c8ccccc8)nc7c5n6-c5ccccc5)cc4)nc4ccccc34)c2)cc1. The van der Waals surface area contributed by atoms with E-state index in [2.05, 4.69) is 247 Å². The molecule has 312 valence electrons. The van der Waals surface area contributed by atoms with E-state index in [1.807, 2.05) is 0 Å². The number of para-hydroxylation sites is 2. The van der Waals surface area contributed by atoms with Crippen molar-refractivity contribution in [2.45, 2.75) is 0 Å². The van der Waals surface area contributed by atoms with Gasteiger partial charge < -0.3 is 4.57 Å². The van der Waals surface area contributed by atoms with Gasteiger partial charge in [0.1, 0.15) is 0 Å². The van der Waals surface area contributed by atoms with Gasteiger partial charge in [0.05, 0.1) is 33.5 Å². The lowest BCUT2D eigenvalue weighted by Crippen LogP contribution is -1.96. The third-order valence-corrected chi connectivity index (χ3v) is 13.2. The molecule has 0 saturated heterocycles. The molecule has 0 fully saturated rings. The van der Waals surface area contributed by atoms with Gasteiger partial charge in [0.25, 0.3) is 0 Å². The lowest BCUT2D eigenvalue weighted by Gasteiger charge is -2.14. The highest BCUT2D eigenvalue weighted by Gasteiger charge is 2.20. The van der Waals surface area contributed by atoms with E-state index >= 15 is 0 Å². The average Bonchev–Trinajstić information content (AvgIpc) is 3.75. The van der Waals surface area contributed by atoms with Crippen LogP contribution in [0.4, 0.5) is 0 Å². The first-order valence-electron chi connectivity index (χ1n) is 22.8. The molecule has 0 aliphatic rings. The average molecular weight is 853 g/mol. The lowest BCUT2D eigenvalue weighted by atomic mass is 9.94. The predicted molar refractivity (Wildman–Crippen MR) is 279 cm³/mol. The second-order valence-electron chi connectivity index (χ2n) is 17.2. The molecule has 3 heterocycles. The van der Waals surface area contributed by atoms with E-state index in [4.69, 9.17) is 15.0 Å². The lowest BCUT2D eigenvalue weighted by molar-refractivity contribution is 1.18. The molecular formula is C63H40N4. The van der Waals surface area contributed by atoms with Crippen molar-refractivity contribution in [2.75, 3.05) is 0 Å². The number of hydrogen-bond acceptors (Lipinski definition) is 3. The van der Waals surface area contributed by atoms with Gasteiger partial charge in [-0.05, 0) is 87.3 Å². The molecule has 0 saturated carbocycles. The Balaban J connectivity index is 0.947. The summed E-state index contributed by atoms with van der Waals surface area (Å²) >= 11 is 0. The van der Waals surface area contributed by atoms with Gasteiger partial charge >= 0.3 is 0 Å². The van der Waals surface area contributed by atoms with Gasteiger partial charge in [0.2, 0.25) is 0 Å². The van der Waals surface area contributed by atoms with Crippen molar-refractivity contribution >= 4 is 54.4 Å². The first kappa shape index (κ1) is 38.5. The Morgan fingerprint density at radius 1 is 0.269 bits per heavy atom. The molecule has 4 heteroatoms. The van der Waals surface area contributed by atoms with Gasteiger partial charge in [-0.1, -0.05) is 194 Å². The van der Waals surface area contributed by atoms with E-state index in [1.165, 1.54) is 10.8 Å². The van der Waals surface area contributed by atoms with Crippen LogP contribution in [0, 0.1) is 0 Å². The molecule has 13 rings (SSSR count). The highest BCUT2D eigenvalue weighted by molar-refractivity contribution is 6.23. The number of pyridine rings is 1. The van der Waals surface area contributed by atoms with E-state index in [-0.39, 0.29) is 0 Å². The van der Waals surface area contributed by atoms with E-state index in [0.29, 0.717) is 5.82 Å². The molecule has 0 radical (unpaired) electrons. The number of rotatable bonds is 7. The van der Waals surface area contributed by atoms with E-state index in [1.54, 1.807) is 0 Å². The Morgan fingerprint density at radius 2 is 0.776 bits per heavy atom. The molecule has 0 amide bonds. The Hall–Kier alpha value is -8.99. The Morgan fingerprint density at radius 3 is 1.46 bits per heavy atom. The van der Waals surface area contributed by atoms with Crippen LogP contribution in [-0.2, 0) is 0 Å². The van der Waals surface area contributed by atoms with Gasteiger partial charge in [0, 0.05) is 49.3 Å². The maximum Gasteiger partial charge on any atom is 0.160 e. The highest BCUT2D eigenvalue weighted by Crippen LogP contribution is 2.42. The number of fused-ring (bicyclic) bond motifs is 8. The fourth-order valence-corrected chi connectivity index (χ4v) is 9.95. The van der Waals surface area contributed by atoms with Crippen LogP contribution in [0.25, 0.3) is 127 Å². The summed E-state index contributed by atoms with van der Waals surface area (Å²) in [5.74, 6) is 0.690. The maximum atomic E-state index is 5.55. The summed E-state index contributed by atoms with van der Waals surface area (Å²) in [4.78, 5) is 16.1. The number of aromatic nitrogens is 4. The fraction of sp³-hybridized carbons (Fsp3) is 0. The third kappa shape index (κ3) is 6.65. The number of benzene rings is 10. The van der Waals surface area contributed by atoms with Crippen molar-refractivity contribution in [1.29, 1.82) is 0 Å². The quantitative estimate of drug-likeness (QED) is 0.150. The van der Waals surface area contributed by atoms with Gasteiger partial charge in [-0.25, -0.2) is 15.0 Å². The fourth-order valence-electron chi connectivity index (χ4n) is 9.95. The van der Waals surface area contributed by atoms with Gasteiger partial charge in [0.15, 0.2) is 5.82 Å². The van der Waals surface area contributed by atoms with Crippen LogP contribution in [0.2, 0.25) is 0 Å². The molecule has 0 bridgehead atoms. The van der Waals surface area contributed by atoms with E-state index < -0.39 is 0 Å². The summed E-state index contributed by atoms with van der Waals surface area (Å²) in [6, 6.07) is 86.3. The largest absolute Gasteiger partial charge is 0.307 e. The van der Waals surface area contributed by atoms with Gasteiger partial charge in [-0.15, -0.1) is 0 Å². The van der Waals surface area contributed by atoms with Crippen molar-refractivity contribution < 1.29 is 0 Å². The molecule has 4 nitrogen and oxygen atoms in total. The Labute approximate surface area is 387 Å². The molecule has 67 heavy (non-hydrogen) atoms. The standard InChI is InChI=1S/C63H40N4/c1-5-17-41(18-6-1)47-37-48(42-19-7-2-8-20-42)39-49(38-47)60-55-27-15-16-28-57(55)64-63(66-60)45-31-29-43(30-32-45)46-33-36-58-56(40-46)54-35-34-53-51-25-13-14-26-52(51)59(44-21-9-3-10-22-44)65-61(53)62(54)67(58)50-23-11-4-12-24-50/h1-40H. The summed E-state index contributed by atoms with van der Waals surface area (Å²) < 4.78 is 2.39. The van der Waals surface area contributed by atoms with Crippen LogP contribution in [0.15, 0.2) is 243 Å². The van der Waals surface area contributed by atoms with E-state index in [9.17, 15) is 0 Å². The van der Waals surface area contributed by atoms with Crippen LogP contribution >= 0.6 is 0 Å². The summed E-state index contributed by atoms with van der Waals surface area (Å²) in [5.41, 5.74) is 17.1. The van der Waals surface area contributed by atoms with Crippen LogP contribution in [0.5, 0.6) is 0 Å². The molecule has 0 unspecified atom stereocenters. The monoisotopic (exact) mass is 852 g/mol. The first-order chi connectivity index (χ1) is 33.2. The van der Waals surface area contributed by atoms with Crippen LogP contribution in [0.1, 0.15) is 0 Å². The second kappa shape index (κ2) is 15.9. The minimum absolute atomic E-state index is 0.690. The van der Waals surface area contributed by atoms with Crippen LogP contribution < -0.4 is 0 Å². The minimum atomic E-state index is 0.690. The molecule has 0 spiro atoms. The summed E-state index contributed by atoms with van der Waals surface area (Å²) in [5, 5.41) is 6.83. The predicted octanol–water partition coefficient (Wildman–Crippen LogP) is 16.4. The van der Waals surface area contributed by atoms with E-state index in [0.717, 1.165) is 111 Å². The molecule has 0 N–H and O–H groups in total. The molecule has 13 aromatic rings. The zero-order chi connectivity index (χ0) is 44.3. The normalized spacial score (nSPS) is 11.6. The Bertz CT molecular complexity index is 3940. The van der Waals surface area contributed by atoms with Gasteiger partial charge in [-0.3, -0.25) is 0 Å². The molecule has 0 atom stereocenters. The summed E-state index contributed by atoms with van der Waals surface area (Å²) in [6.45, 7) is 0. The highest BCUT2D eigenvalue weighted by atomic mass is 15.0. The number of nitrogens with zero attached hydrogens (tertiary/aromatic N) is 4. The smallest absolute Gasteiger partial charge is 0.160 e. The molecule has 10 aromatic carbocycles. The topological polar surface area (TPSA) is 43.6 Å². The second-order valence-corrected chi connectivity index (χ2v) is 17.2. The van der Waals surface area contributed by atoms with Crippen molar-refractivity contribution in [3.63, 3.8) is 0 Å². The molecule has 0 aliphatic heterocycles. The zero-order valence-electron chi connectivity index (χ0n) is 36.4. The zero-order valence-corrected chi connectivity index (χ0v) is 36.4. The molecule has 3 aromatic heterocycles. The summed E-state index contributed by atoms with van der Waals surface area (Å²) in [7, 11) is 0. The maximum absolute atomic E-state index is 5.55. The molecular weight excluding hydrogens is 813 g/mol. The van der Waals surface area contributed by atoms with Crippen molar-refractivity contribution in [2.24, 2.45) is 0 Å². The minimum Gasteiger partial charge on any atom is -0.307 e. The van der Waals surface area contributed by atoms with Crippen molar-refractivity contribution in [3.05, 3.63) is 243 Å². The van der Waals surface area contributed by atoms with Crippen LogP contribution in [-0.4, -0.2) is 19.5 Å². The number of hydrogen-bond donors (Lipinski definition) is 0. The third-order valence-electron chi connectivity index (χ3n) is 13.2. The molecule has 0 aliphatic carbocycles. The van der Waals surface area contributed by atoms with Crippen molar-refractivity contribution in [1.82, 2.24) is 19.5 Å². The summed E-state index contributed by atoms with van der Waals surface area (Å²) in [6.07, 6.45) is 0. The van der Waals surface area contributed by atoms with Crippen LogP contribution in [0.3, 0.4) is 0 Å². The van der Waals surface area contributed by atoms with Gasteiger partial charge in [-0.2, -0.15) is 0 Å². The Kier molecular flexibility index (Phi) is 9.14. The first-order valence-corrected chi connectivity index (χ1v) is 22.8.